The van der Waals surface area contributed by atoms with Crippen LogP contribution < -0.4 is 4.74 Å². The zero-order chi connectivity index (χ0) is 14.1. The van der Waals surface area contributed by atoms with Gasteiger partial charge in [0, 0.05) is 17.9 Å². The number of benzene rings is 1. The van der Waals surface area contributed by atoms with Gasteiger partial charge in [0.25, 0.3) is 0 Å². The number of rotatable bonds is 4. The molecular formula is C15H18N2O2S. The second-order valence-corrected chi connectivity index (χ2v) is 5.84. The van der Waals surface area contributed by atoms with Crippen molar-refractivity contribution < 1.29 is 9.84 Å². The second-order valence-electron chi connectivity index (χ2n) is 4.78. The molecule has 0 fully saturated rings. The van der Waals surface area contributed by atoms with Crippen molar-refractivity contribution >= 4 is 11.8 Å². The van der Waals surface area contributed by atoms with Gasteiger partial charge in [0.2, 0.25) is 0 Å². The highest BCUT2D eigenvalue weighted by atomic mass is 32.2. The fourth-order valence-electron chi connectivity index (χ4n) is 2.52. The zero-order valence-corrected chi connectivity index (χ0v) is 12.5. The van der Waals surface area contributed by atoms with E-state index in [0.717, 1.165) is 45.7 Å². The van der Waals surface area contributed by atoms with Crippen LogP contribution in [0.2, 0.25) is 0 Å². The molecule has 0 bridgehead atoms. The number of fused-ring (bicyclic) bond motifs is 1. The number of imidazole rings is 1. The number of thioether (sulfide) groups is 1. The van der Waals surface area contributed by atoms with Crippen LogP contribution in [-0.4, -0.2) is 27.0 Å². The fourth-order valence-corrected chi connectivity index (χ4v) is 3.49. The van der Waals surface area contributed by atoms with Gasteiger partial charge < -0.3 is 14.4 Å². The van der Waals surface area contributed by atoms with E-state index >= 15 is 0 Å². The van der Waals surface area contributed by atoms with Crippen molar-refractivity contribution in [3.8, 4) is 17.0 Å². The van der Waals surface area contributed by atoms with Crippen LogP contribution in [0, 0.1) is 6.92 Å². The molecule has 5 heteroatoms. The largest absolute Gasteiger partial charge is 0.493 e. The average Bonchev–Trinajstić information content (AvgIpc) is 3.01. The molecule has 1 aliphatic rings. The van der Waals surface area contributed by atoms with Crippen LogP contribution in [0.15, 0.2) is 23.4 Å². The number of hydrogen-bond acceptors (Lipinski definition) is 4. The molecule has 0 radical (unpaired) electrons. The molecule has 0 aliphatic carbocycles. The third-order valence-corrected chi connectivity index (χ3v) is 4.38. The Morgan fingerprint density at radius 2 is 2.30 bits per heavy atom. The average molecular weight is 290 g/mol. The van der Waals surface area contributed by atoms with E-state index in [2.05, 4.69) is 17.6 Å². The maximum Gasteiger partial charge on any atom is 0.168 e. The Hall–Kier alpha value is -1.46. The first-order chi connectivity index (χ1) is 9.74. The number of nitrogens with zero attached hydrogens (tertiary/aromatic N) is 2. The second kappa shape index (κ2) is 5.50. The van der Waals surface area contributed by atoms with Gasteiger partial charge in [0.1, 0.15) is 5.75 Å². The van der Waals surface area contributed by atoms with Crippen LogP contribution in [-0.2, 0) is 13.2 Å². The lowest BCUT2D eigenvalue weighted by Crippen LogP contribution is -2.02. The molecular weight excluding hydrogens is 272 g/mol. The molecule has 0 spiro atoms. The third kappa shape index (κ3) is 2.21. The van der Waals surface area contributed by atoms with E-state index in [1.54, 1.807) is 11.8 Å². The van der Waals surface area contributed by atoms with Gasteiger partial charge >= 0.3 is 0 Å². The Labute approximate surface area is 122 Å². The van der Waals surface area contributed by atoms with E-state index in [1.807, 2.05) is 19.1 Å². The Bertz CT molecular complexity index is 637. The van der Waals surface area contributed by atoms with Crippen molar-refractivity contribution in [1.82, 2.24) is 9.55 Å². The number of aliphatic hydroxyl groups is 1. The van der Waals surface area contributed by atoms with Crippen molar-refractivity contribution in [3.05, 3.63) is 29.5 Å². The lowest BCUT2D eigenvalue weighted by atomic mass is 10.1. The van der Waals surface area contributed by atoms with Crippen molar-refractivity contribution in [2.45, 2.75) is 32.2 Å². The molecule has 0 saturated heterocycles. The summed E-state index contributed by atoms with van der Waals surface area (Å²) in [6.45, 7) is 5.56. The Balaban J connectivity index is 2.15. The standard InChI is InChI=1S/C15H18N2O2S/c1-3-19-13-5-4-10(2)8-11(13)14-12(9-18)17-6-7-20-15(17)16-14/h4-5,8,18H,3,6-7,9H2,1-2H3. The first-order valence-electron chi connectivity index (χ1n) is 6.81. The van der Waals surface area contributed by atoms with E-state index in [4.69, 9.17) is 9.72 Å². The smallest absolute Gasteiger partial charge is 0.168 e. The van der Waals surface area contributed by atoms with Crippen LogP contribution in [0.1, 0.15) is 18.2 Å². The van der Waals surface area contributed by atoms with Gasteiger partial charge in [0.15, 0.2) is 5.16 Å². The number of aryl methyl sites for hydroxylation is 1. The van der Waals surface area contributed by atoms with Crippen LogP contribution in [0.4, 0.5) is 0 Å². The molecule has 1 aliphatic heterocycles. The maximum atomic E-state index is 9.71. The fraction of sp³-hybridized carbons (Fsp3) is 0.400. The SMILES string of the molecule is CCOc1ccc(C)cc1-c1nc2n(c1CO)CCS2. The molecule has 4 nitrogen and oxygen atoms in total. The highest BCUT2D eigenvalue weighted by molar-refractivity contribution is 7.99. The molecule has 2 heterocycles. The summed E-state index contributed by atoms with van der Waals surface area (Å²) in [6.07, 6.45) is 0. The number of ether oxygens (including phenoxy) is 1. The Morgan fingerprint density at radius 3 is 3.05 bits per heavy atom. The minimum Gasteiger partial charge on any atom is -0.493 e. The summed E-state index contributed by atoms with van der Waals surface area (Å²) in [5.74, 6) is 1.86. The summed E-state index contributed by atoms with van der Waals surface area (Å²) in [5, 5.41) is 10.7. The van der Waals surface area contributed by atoms with E-state index in [9.17, 15) is 5.11 Å². The molecule has 1 aromatic carbocycles. The highest BCUT2D eigenvalue weighted by Crippen LogP contribution is 2.37. The van der Waals surface area contributed by atoms with Crippen molar-refractivity contribution in [3.63, 3.8) is 0 Å². The molecule has 1 N–H and O–H groups in total. The lowest BCUT2D eigenvalue weighted by Gasteiger charge is -2.11. The summed E-state index contributed by atoms with van der Waals surface area (Å²) >= 11 is 1.74. The van der Waals surface area contributed by atoms with Gasteiger partial charge in [-0.1, -0.05) is 23.4 Å². The van der Waals surface area contributed by atoms with E-state index in [0.29, 0.717) is 6.61 Å². The third-order valence-electron chi connectivity index (χ3n) is 3.42. The minimum atomic E-state index is 0.00238. The molecule has 106 valence electrons. The van der Waals surface area contributed by atoms with Crippen LogP contribution in [0.5, 0.6) is 5.75 Å². The van der Waals surface area contributed by atoms with Crippen molar-refractivity contribution in [2.75, 3.05) is 12.4 Å². The summed E-state index contributed by atoms with van der Waals surface area (Å²) in [4.78, 5) is 4.70. The summed E-state index contributed by atoms with van der Waals surface area (Å²) in [7, 11) is 0. The maximum absolute atomic E-state index is 9.71. The molecule has 0 amide bonds. The van der Waals surface area contributed by atoms with Crippen LogP contribution in [0.3, 0.4) is 0 Å². The molecule has 1 aromatic heterocycles. The topological polar surface area (TPSA) is 47.3 Å². The molecule has 20 heavy (non-hydrogen) atoms. The molecule has 0 atom stereocenters. The molecule has 3 rings (SSSR count). The number of hydrogen-bond donors (Lipinski definition) is 1. The zero-order valence-electron chi connectivity index (χ0n) is 11.7. The Morgan fingerprint density at radius 1 is 1.45 bits per heavy atom. The number of aromatic nitrogens is 2. The predicted molar refractivity (Wildman–Crippen MR) is 80.2 cm³/mol. The summed E-state index contributed by atoms with van der Waals surface area (Å²) < 4.78 is 7.82. The predicted octanol–water partition coefficient (Wildman–Crippen LogP) is 2.86. The first kappa shape index (κ1) is 13.5. The van der Waals surface area contributed by atoms with E-state index in [1.165, 1.54) is 0 Å². The van der Waals surface area contributed by atoms with Gasteiger partial charge in [0.05, 0.1) is 24.6 Å². The van der Waals surface area contributed by atoms with E-state index < -0.39 is 0 Å². The normalized spacial score (nSPS) is 13.6. The molecule has 0 unspecified atom stereocenters. The van der Waals surface area contributed by atoms with Gasteiger partial charge in [-0.15, -0.1) is 0 Å². The minimum absolute atomic E-state index is 0.00238. The Kier molecular flexibility index (Phi) is 3.72. The van der Waals surface area contributed by atoms with Gasteiger partial charge in [-0.05, 0) is 26.0 Å². The van der Waals surface area contributed by atoms with Crippen molar-refractivity contribution in [1.29, 1.82) is 0 Å². The van der Waals surface area contributed by atoms with Gasteiger partial charge in [-0.2, -0.15) is 0 Å². The van der Waals surface area contributed by atoms with Crippen molar-refractivity contribution in [2.24, 2.45) is 0 Å². The first-order valence-corrected chi connectivity index (χ1v) is 7.80. The lowest BCUT2D eigenvalue weighted by molar-refractivity contribution is 0.270. The monoisotopic (exact) mass is 290 g/mol. The van der Waals surface area contributed by atoms with E-state index in [-0.39, 0.29) is 6.61 Å². The highest BCUT2D eigenvalue weighted by Gasteiger charge is 2.23. The van der Waals surface area contributed by atoms with Gasteiger partial charge in [-0.3, -0.25) is 0 Å². The summed E-state index contributed by atoms with van der Waals surface area (Å²) in [5.41, 5.74) is 3.87. The quantitative estimate of drug-likeness (QED) is 0.940. The molecule has 0 saturated carbocycles. The van der Waals surface area contributed by atoms with Crippen LogP contribution in [0.25, 0.3) is 11.3 Å². The number of aliphatic hydroxyl groups excluding tert-OH is 1. The van der Waals surface area contributed by atoms with Gasteiger partial charge in [-0.25, -0.2) is 4.98 Å². The summed E-state index contributed by atoms with van der Waals surface area (Å²) in [6, 6.07) is 6.09. The van der Waals surface area contributed by atoms with Crippen LogP contribution >= 0.6 is 11.8 Å². The molecule has 2 aromatic rings.